The maximum Gasteiger partial charge on any atom is 0.269 e. The van der Waals surface area contributed by atoms with Gasteiger partial charge in [-0.05, 0) is 36.2 Å². The maximum absolute atomic E-state index is 11.0. The molecule has 6 heteroatoms. The largest absolute Gasteiger partial charge is 0.381 e. The number of nitrogens with zero attached hydrogens (tertiary/aromatic N) is 1. The molecule has 0 saturated heterocycles. The predicted molar refractivity (Wildman–Crippen MR) is 80.1 cm³/mol. The normalized spacial score (nSPS) is 10.1. The molecule has 0 bridgehead atoms. The summed E-state index contributed by atoms with van der Waals surface area (Å²) in [5.41, 5.74) is 8.33. The molecule has 1 amide bonds. The van der Waals surface area contributed by atoms with E-state index in [0.29, 0.717) is 12.1 Å². The van der Waals surface area contributed by atoms with Crippen molar-refractivity contribution in [2.45, 2.75) is 13.5 Å². The number of rotatable bonds is 5. The van der Waals surface area contributed by atoms with Crippen LogP contribution in [0.4, 0.5) is 11.4 Å². The molecule has 0 aliphatic carbocycles. The topological polar surface area (TPSA) is 98.3 Å². The molecule has 2 aromatic rings. The molecule has 0 heterocycles. The third-order valence-electron chi connectivity index (χ3n) is 3.14. The molecule has 21 heavy (non-hydrogen) atoms. The van der Waals surface area contributed by atoms with Crippen LogP contribution in [-0.2, 0) is 6.54 Å². The summed E-state index contributed by atoms with van der Waals surface area (Å²) in [7, 11) is 0. The van der Waals surface area contributed by atoms with Crippen LogP contribution in [-0.4, -0.2) is 10.8 Å². The van der Waals surface area contributed by atoms with Crippen LogP contribution in [0, 0.1) is 17.0 Å². The fourth-order valence-corrected chi connectivity index (χ4v) is 1.94. The minimum absolute atomic E-state index is 0.0730. The van der Waals surface area contributed by atoms with Crippen molar-refractivity contribution in [1.29, 1.82) is 0 Å². The van der Waals surface area contributed by atoms with Crippen LogP contribution in [0.3, 0.4) is 0 Å². The quantitative estimate of drug-likeness (QED) is 0.651. The lowest BCUT2D eigenvalue weighted by atomic mass is 10.1. The van der Waals surface area contributed by atoms with Gasteiger partial charge in [-0.3, -0.25) is 14.9 Å². The van der Waals surface area contributed by atoms with Gasteiger partial charge < -0.3 is 11.1 Å². The molecular formula is C15H15N3O3. The fraction of sp³-hybridized carbons (Fsp3) is 0.133. The molecule has 6 nitrogen and oxygen atoms in total. The second-order valence-corrected chi connectivity index (χ2v) is 4.67. The summed E-state index contributed by atoms with van der Waals surface area (Å²) in [5, 5.41) is 13.9. The van der Waals surface area contributed by atoms with E-state index in [0.717, 1.165) is 16.8 Å². The molecule has 0 aliphatic heterocycles. The predicted octanol–water partition coefficient (Wildman–Crippen LogP) is 2.61. The summed E-state index contributed by atoms with van der Waals surface area (Å²) >= 11 is 0. The van der Waals surface area contributed by atoms with Gasteiger partial charge in [0.1, 0.15) is 0 Å². The molecule has 0 aliphatic rings. The highest BCUT2D eigenvalue weighted by Crippen LogP contribution is 2.21. The van der Waals surface area contributed by atoms with E-state index in [1.165, 1.54) is 12.1 Å². The monoisotopic (exact) mass is 285 g/mol. The van der Waals surface area contributed by atoms with E-state index in [4.69, 9.17) is 5.73 Å². The molecule has 2 aromatic carbocycles. The first-order chi connectivity index (χ1) is 9.97. The Hall–Kier alpha value is -2.89. The Morgan fingerprint density at radius 3 is 2.43 bits per heavy atom. The number of anilines is 1. The van der Waals surface area contributed by atoms with Gasteiger partial charge in [-0.15, -0.1) is 0 Å². The van der Waals surface area contributed by atoms with Crippen LogP contribution >= 0.6 is 0 Å². The minimum Gasteiger partial charge on any atom is -0.381 e. The first-order valence-corrected chi connectivity index (χ1v) is 6.35. The molecule has 0 radical (unpaired) electrons. The van der Waals surface area contributed by atoms with Crippen LogP contribution in [0.15, 0.2) is 42.5 Å². The number of hydrogen-bond acceptors (Lipinski definition) is 4. The molecule has 0 fully saturated rings. The number of aryl methyl sites for hydroxylation is 1. The van der Waals surface area contributed by atoms with Gasteiger partial charge in [0.15, 0.2) is 0 Å². The SMILES string of the molecule is Cc1cc([N+](=O)[O-])ccc1NCc1ccc(C(N)=O)cc1. The van der Waals surface area contributed by atoms with Crippen LogP contribution in [0.2, 0.25) is 0 Å². The van der Waals surface area contributed by atoms with Crippen LogP contribution in [0.25, 0.3) is 0 Å². The van der Waals surface area contributed by atoms with Crippen molar-refractivity contribution < 1.29 is 9.72 Å². The Morgan fingerprint density at radius 1 is 1.24 bits per heavy atom. The van der Waals surface area contributed by atoms with Gasteiger partial charge in [0, 0.05) is 29.9 Å². The summed E-state index contributed by atoms with van der Waals surface area (Å²) < 4.78 is 0. The number of amides is 1. The first-order valence-electron chi connectivity index (χ1n) is 6.35. The van der Waals surface area contributed by atoms with Gasteiger partial charge in [-0.1, -0.05) is 12.1 Å². The highest BCUT2D eigenvalue weighted by Gasteiger charge is 2.07. The van der Waals surface area contributed by atoms with Gasteiger partial charge in [0.25, 0.3) is 5.69 Å². The van der Waals surface area contributed by atoms with E-state index in [-0.39, 0.29) is 5.69 Å². The zero-order valence-electron chi connectivity index (χ0n) is 11.5. The zero-order valence-corrected chi connectivity index (χ0v) is 11.5. The van der Waals surface area contributed by atoms with E-state index in [2.05, 4.69) is 5.32 Å². The number of hydrogen-bond donors (Lipinski definition) is 2. The number of nitro benzene ring substituents is 1. The smallest absolute Gasteiger partial charge is 0.269 e. The minimum atomic E-state index is -0.458. The van der Waals surface area contributed by atoms with Gasteiger partial charge >= 0.3 is 0 Å². The summed E-state index contributed by atoms with van der Waals surface area (Å²) in [6, 6.07) is 11.6. The number of nitro groups is 1. The van der Waals surface area contributed by atoms with Gasteiger partial charge in [0.2, 0.25) is 5.91 Å². The average molecular weight is 285 g/mol. The van der Waals surface area contributed by atoms with Crippen LogP contribution in [0.1, 0.15) is 21.5 Å². The van der Waals surface area contributed by atoms with Crippen molar-refractivity contribution in [3.8, 4) is 0 Å². The third-order valence-corrected chi connectivity index (χ3v) is 3.14. The first kappa shape index (κ1) is 14.5. The van der Waals surface area contributed by atoms with Crippen molar-refractivity contribution >= 4 is 17.3 Å². The van der Waals surface area contributed by atoms with E-state index in [1.807, 2.05) is 19.1 Å². The summed E-state index contributed by atoms with van der Waals surface area (Å²) in [6.07, 6.45) is 0. The third kappa shape index (κ3) is 3.56. The number of benzene rings is 2. The van der Waals surface area contributed by atoms with Gasteiger partial charge in [-0.2, -0.15) is 0 Å². The van der Waals surface area contributed by atoms with Gasteiger partial charge in [-0.25, -0.2) is 0 Å². The molecule has 0 saturated carbocycles. The zero-order chi connectivity index (χ0) is 15.4. The lowest BCUT2D eigenvalue weighted by molar-refractivity contribution is -0.384. The second-order valence-electron chi connectivity index (χ2n) is 4.67. The van der Waals surface area contributed by atoms with Gasteiger partial charge in [0.05, 0.1) is 4.92 Å². The number of non-ortho nitro benzene ring substituents is 1. The van der Waals surface area contributed by atoms with Crippen molar-refractivity contribution in [2.24, 2.45) is 5.73 Å². The Kier molecular flexibility index (Phi) is 4.18. The van der Waals surface area contributed by atoms with E-state index in [9.17, 15) is 14.9 Å². The molecule has 108 valence electrons. The molecule has 3 N–H and O–H groups in total. The van der Waals surface area contributed by atoms with E-state index < -0.39 is 10.8 Å². The van der Waals surface area contributed by atoms with Crippen LogP contribution < -0.4 is 11.1 Å². The van der Waals surface area contributed by atoms with E-state index >= 15 is 0 Å². The lowest BCUT2D eigenvalue weighted by Gasteiger charge is -2.09. The molecular weight excluding hydrogens is 270 g/mol. The number of carbonyl (C=O) groups is 1. The molecule has 2 rings (SSSR count). The van der Waals surface area contributed by atoms with E-state index in [1.54, 1.807) is 18.2 Å². The molecule has 0 aromatic heterocycles. The maximum atomic E-state index is 11.0. The van der Waals surface area contributed by atoms with Crippen molar-refractivity contribution in [3.05, 3.63) is 69.3 Å². The number of nitrogens with one attached hydrogen (secondary N) is 1. The molecule has 0 atom stereocenters. The summed E-state index contributed by atoms with van der Waals surface area (Å²) in [4.78, 5) is 21.2. The molecule has 0 spiro atoms. The Balaban J connectivity index is 2.06. The van der Waals surface area contributed by atoms with Crippen molar-refractivity contribution in [3.63, 3.8) is 0 Å². The Bertz CT molecular complexity index is 681. The summed E-state index contributed by atoms with van der Waals surface area (Å²) in [5.74, 6) is -0.458. The fourth-order valence-electron chi connectivity index (χ4n) is 1.94. The lowest BCUT2D eigenvalue weighted by Crippen LogP contribution is -2.10. The van der Waals surface area contributed by atoms with Crippen molar-refractivity contribution in [1.82, 2.24) is 0 Å². The van der Waals surface area contributed by atoms with Crippen LogP contribution in [0.5, 0.6) is 0 Å². The second kappa shape index (κ2) is 6.04. The van der Waals surface area contributed by atoms with Crippen molar-refractivity contribution in [2.75, 3.05) is 5.32 Å². The number of carbonyl (C=O) groups excluding carboxylic acids is 1. The average Bonchev–Trinajstić information content (AvgIpc) is 2.46. The standard InChI is InChI=1S/C15H15N3O3/c1-10-8-13(18(20)21)6-7-14(10)17-9-11-2-4-12(5-3-11)15(16)19/h2-8,17H,9H2,1H3,(H2,16,19). The Morgan fingerprint density at radius 2 is 1.90 bits per heavy atom. The number of primary amides is 1. The number of nitrogens with two attached hydrogens (primary N) is 1. The molecule has 0 unspecified atom stereocenters. The highest BCUT2D eigenvalue weighted by molar-refractivity contribution is 5.92. The Labute approximate surface area is 121 Å². The highest BCUT2D eigenvalue weighted by atomic mass is 16.6. The summed E-state index contributed by atoms with van der Waals surface area (Å²) in [6.45, 7) is 2.36.